The summed E-state index contributed by atoms with van der Waals surface area (Å²) in [7, 11) is 0. The van der Waals surface area contributed by atoms with E-state index >= 15 is 0 Å². The lowest BCUT2D eigenvalue weighted by atomic mass is 9.68. The molecule has 3 heterocycles. The van der Waals surface area contributed by atoms with Gasteiger partial charge in [-0.05, 0) is 84.3 Å². The number of ether oxygens (including phenoxy) is 1. The number of carbonyl (C=O) groups excluding carboxylic acids is 3. The average Bonchev–Trinajstić information content (AvgIpc) is 3.79. The zero-order valence-corrected chi connectivity index (χ0v) is 26.3. The van der Waals surface area contributed by atoms with Crippen molar-refractivity contribution in [2.75, 3.05) is 16.8 Å². The molecule has 8 nitrogen and oxygen atoms in total. The Morgan fingerprint density at radius 3 is 2.38 bits per heavy atom. The van der Waals surface area contributed by atoms with Gasteiger partial charge in [-0.1, -0.05) is 29.5 Å². The zero-order chi connectivity index (χ0) is 33.5. The highest BCUT2D eigenvalue weighted by atomic mass is 32.2. The lowest BCUT2D eigenvalue weighted by Crippen LogP contribution is -2.42. The van der Waals surface area contributed by atoms with E-state index in [0.29, 0.717) is 17.9 Å². The highest BCUT2D eigenvalue weighted by molar-refractivity contribution is 8.00. The monoisotopic (exact) mass is 695 g/mol. The molecule has 4 aromatic rings. The van der Waals surface area contributed by atoms with E-state index in [1.165, 1.54) is 41.3 Å². The summed E-state index contributed by atoms with van der Waals surface area (Å²) in [4.78, 5) is 57.4. The van der Waals surface area contributed by atoms with Crippen molar-refractivity contribution in [3.05, 3.63) is 104 Å². The molecule has 2 aliphatic heterocycles. The zero-order valence-electron chi connectivity index (χ0n) is 24.7. The van der Waals surface area contributed by atoms with Gasteiger partial charge in [0.1, 0.15) is 11.6 Å². The molecule has 8 rings (SSSR count). The number of nitrogens with one attached hydrogen (secondary N) is 2. The molecular formula is C34H25F4N3O5S2. The highest BCUT2D eigenvalue weighted by Gasteiger charge is 2.69. The van der Waals surface area contributed by atoms with Crippen LogP contribution in [0.4, 0.5) is 28.9 Å². The Hall–Kier alpha value is -4.43. The van der Waals surface area contributed by atoms with Gasteiger partial charge in [0.25, 0.3) is 5.91 Å². The molecule has 0 spiro atoms. The Morgan fingerprint density at radius 2 is 1.67 bits per heavy atom. The van der Waals surface area contributed by atoms with E-state index in [1.54, 1.807) is 23.9 Å². The number of anilines is 2. The number of alkyl halides is 3. The number of rotatable bonds is 6. The first kappa shape index (κ1) is 30.9. The molecule has 3 fully saturated rings. The summed E-state index contributed by atoms with van der Waals surface area (Å²) in [5, 5.41) is 3.16. The van der Waals surface area contributed by atoms with Crippen molar-refractivity contribution in [1.82, 2.24) is 4.98 Å². The molecule has 2 aliphatic carbocycles. The Morgan fingerprint density at radius 1 is 0.958 bits per heavy atom. The maximum absolute atomic E-state index is 13.8. The number of aromatic amines is 1. The summed E-state index contributed by atoms with van der Waals surface area (Å²) < 4.78 is 58.3. The molecule has 0 unspecified atom stereocenters. The van der Waals surface area contributed by atoms with Crippen molar-refractivity contribution < 1.29 is 36.7 Å². The second-order valence-corrected chi connectivity index (χ2v) is 14.6. The van der Waals surface area contributed by atoms with E-state index in [0.717, 1.165) is 38.9 Å². The predicted molar refractivity (Wildman–Crippen MR) is 169 cm³/mol. The van der Waals surface area contributed by atoms with Crippen molar-refractivity contribution in [1.29, 1.82) is 0 Å². The first-order chi connectivity index (χ1) is 23.0. The van der Waals surface area contributed by atoms with Crippen LogP contribution < -0.4 is 19.8 Å². The number of benzene rings is 3. The smallest absolute Gasteiger partial charge is 0.416 e. The summed E-state index contributed by atoms with van der Waals surface area (Å²) in [6.07, 6.45) is -3.83. The fraction of sp³-hybridized carbons (Fsp3) is 0.294. The fourth-order valence-electron chi connectivity index (χ4n) is 8.13. The van der Waals surface area contributed by atoms with Crippen LogP contribution in [-0.4, -0.2) is 34.6 Å². The molecule has 3 aromatic carbocycles. The van der Waals surface area contributed by atoms with Gasteiger partial charge in [0, 0.05) is 21.7 Å². The summed E-state index contributed by atoms with van der Waals surface area (Å²) >= 11 is 2.70. The first-order valence-electron chi connectivity index (χ1n) is 15.2. The van der Waals surface area contributed by atoms with Crippen LogP contribution in [-0.2, 0) is 20.6 Å². The van der Waals surface area contributed by atoms with E-state index in [1.807, 2.05) is 12.1 Å². The van der Waals surface area contributed by atoms with E-state index < -0.39 is 41.9 Å². The second kappa shape index (κ2) is 11.3. The quantitative estimate of drug-likeness (QED) is 0.181. The van der Waals surface area contributed by atoms with Gasteiger partial charge in [0.15, 0.2) is 6.61 Å². The number of imide groups is 1. The SMILES string of the molecule is O=C(COc1ccc([C@@H]2c3sc(=O)[nH]c3S[C@@H]3[C@@H]4C[C@@H]([C@@H]5C(=O)N(c6ccc(F)cc6)C(=O)[C@@H]45)[C@H]23)cc1)Nc1cccc(C(F)(F)F)c1. The summed E-state index contributed by atoms with van der Waals surface area (Å²) in [6, 6.07) is 16.8. The number of H-pyrrole nitrogens is 1. The van der Waals surface area contributed by atoms with Crippen LogP contribution in [0.2, 0.25) is 0 Å². The number of hydrogen-bond donors (Lipinski definition) is 2. The number of nitrogens with zero attached hydrogens (tertiary/aromatic N) is 1. The molecule has 246 valence electrons. The van der Waals surface area contributed by atoms with E-state index in [4.69, 9.17) is 4.74 Å². The van der Waals surface area contributed by atoms with Gasteiger partial charge in [-0.15, -0.1) is 11.8 Å². The van der Waals surface area contributed by atoms with Gasteiger partial charge < -0.3 is 15.0 Å². The number of halogens is 4. The Bertz CT molecular complexity index is 2010. The molecule has 48 heavy (non-hydrogen) atoms. The topological polar surface area (TPSA) is 109 Å². The van der Waals surface area contributed by atoms with Crippen LogP contribution in [0, 0.1) is 35.4 Å². The third-order valence-electron chi connectivity index (χ3n) is 9.89. The Labute approximate surface area is 278 Å². The third-order valence-corrected chi connectivity index (χ3v) is 12.5. The van der Waals surface area contributed by atoms with Crippen LogP contribution in [0.1, 0.15) is 28.3 Å². The lowest BCUT2D eigenvalue weighted by Gasteiger charge is -2.43. The minimum atomic E-state index is -4.54. The summed E-state index contributed by atoms with van der Waals surface area (Å²) in [5.74, 6) is -2.69. The third kappa shape index (κ3) is 5.04. The number of hydrogen-bond acceptors (Lipinski definition) is 7. The van der Waals surface area contributed by atoms with E-state index in [9.17, 15) is 36.7 Å². The van der Waals surface area contributed by atoms with Crippen molar-refractivity contribution in [2.45, 2.75) is 28.8 Å². The van der Waals surface area contributed by atoms with Crippen LogP contribution in [0.25, 0.3) is 0 Å². The van der Waals surface area contributed by atoms with Crippen molar-refractivity contribution in [3.63, 3.8) is 0 Å². The van der Waals surface area contributed by atoms with Gasteiger partial charge in [0.2, 0.25) is 11.8 Å². The molecule has 2 saturated carbocycles. The van der Waals surface area contributed by atoms with Gasteiger partial charge in [-0.25, -0.2) is 4.39 Å². The molecule has 3 amide bonds. The second-order valence-electron chi connectivity index (χ2n) is 12.4. The largest absolute Gasteiger partial charge is 0.484 e. The molecule has 7 atom stereocenters. The predicted octanol–water partition coefficient (Wildman–Crippen LogP) is 6.29. The normalized spacial score (nSPS) is 27.1. The molecule has 2 bridgehead atoms. The minimum absolute atomic E-state index is 0.00359. The standard InChI is InChI=1S/C34H25F4N3O5S2/c35-17-6-8-19(9-7-17)41-31(43)26-21-13-22(27(26)32(41)44)28-25(21)24(29-30(47-28)40-33(45)48-29)15-4-10-20(11-5-15)46-14-23(42)39-18-3-1-2-16(12-18)34(36,37)38/h1-12,21-22,24-28H,13-14H2,(H,39,42)(H,40,45)/t21-,22-,24+,25-,26+,27+,28-/m1/s1. The molecule has 4 aliphatic rings. The summed E-state index contributed by atoms with van der Waals surface area (Å²) in [5.41, 5.74) is 0.362. The first-order valence-corrected chi connectivity index (χ1v) is 16.9. The Kier molecular flexibility index (Phi) is 7.29. The van der Waals surface area contributed by atoms with Crippen LogP contribution >= 0.6 is 23.1 Å². The van der Waals surface area contributed by atoms with Crippen LogP contribution in [0.3, 0.4) is 0 Å². The average molecular weight is 696 g/mol. The molecule has 1 aromatic heterocycles. The number of thioether (sulfide) groups is 1. The van der Waals surface area contributed by atoms with Gasteiger partial charge in [-0.3, -0.25) is 24.1 Å². The number of aromatic nitrogens is 1. The molecule has 0 radical (unpaired) electrons. The van der Waals surface area contributed by atoms with Crippen LogP contribution in [0.5, 0.6) is 5.75 Å². The van der Waals surface area contributed by atoms with Crippen LogP contribution in [0.15, 0.2) is 82.6 Å². The number of amides is 3. The minimum Gasteiger partial charge on any atom is -0.484 e. The number of fused-ring (bicyclic) bond motifs is 9. The molecule has 14 heteroatoms. The number of carbonyl (C=O) groups is 3. The molecule has 1 saturated heterocycles. The molecular weight excluding hydrogens is 671 g/mol. The van der Waals surface area contributed by atoms with Crippen molar-refractivity contribution in [2.24, 2.45) is 29.6 Å². The van der Waals surface area contributed by atoms with Gasteiger partial charge in [0.05, 0.1) is 28.1 Å². The van der Waals surface area contributed by atoms with E-state index in [-0.39, 0.29) is 51.3 Å². The van der Waals surface area contributed by atoms with Crippen molar-refractivity contribution >= 4 is 52.2 Å². The van der Waals surface area contributed by atoms with Gasteiger partial charge in [-0.2, -0.15) is 13.2 Å². The highest BCUT2D eigenvalue weighted by Crippen LogP contribution is 2.68. The maximum Gasteiger partial charge on any atom is 0.416 e. The lowest BCUT2D eigenvalue weighted by molar-refractivity contribution is -0.137. The summed E-state index contributed by atoms with van der Waals surface area (Å²) in [6.45, 7) is -0.433. The van der Waals surface area contributed by atoms with Crippen molar-refractivity contribution in [3.8, 4) is 5.75 Å². The maximum atomic E-state index is 13.8. The van der Waals surface area contributed by atoms with Gasteiger partial charge >= 0.3 is 11.0 Å². The fourth-order valence-corrected chi connectivity index (χ4v) is 11.0. The van der Waals surface area contributed by atoms with E-state index in [2.05, 4.69) is 10.3 Å². The number of thiazole rings is 1. The molecule has 2 N–H and O–H groups in total. The Balaban J connectivity index is 1.02.